The van der Waals surface area contributed by atoms with Gasteiger partial charge in [-0.05, 0) is 0 Å². The van der Waals surface area contributed by atoms with Gasteiger partial charge in [-0.2, -0.15) is 0 Å². The fraction of sp³-hybridized carbons (Fsp3) is 0.400. The molecule has 0 saturated heterocycles. The molecule has 7 heteroatoms. The van der Waals surface area contributed by atoms with Crippen molar-refractivity contribution >= 4 is 5.97 Å². The van der Waals surface area contributed by atoms with Crippen LogP contribution in [-0.4, -0.2) is 28.8 Å². The van der Waals surface area contributed by atoms with Crippen LogP contribution in [-0.2, 0) is 9.53 Å². The van der Waals surface area contributed by atoms with Crippen molar-refractivity contribution in [2.45, 2.75) is 6.04 Å². The van der Waals surface area contributed by atoms with Crippen LogP contribution in [0.15, 0.2) is 12.1 Å². The van der Waals surface area contributed by atoms with Crippen LogP contribution in [0.3, 0.4) is 0 Å². The molecule has 0 aliphatic carbocycles. The van der Waals surface area contributed by atoms with E-state index in [1.807, 2.05) is 0 Å². The minimum absolute atomic E-state index is 0.396. The van der Waals surface area contributed by atoms with E-state index in [-0.39, 0.29) is 0 Å². The number of diazo groups is 1. The normalized spacial score (nSPS) is 13.2. The smallest absolute Gasteiger partial charge is 0.429 e. The van der Waals surface area contributed by atoms with Crippen LogP contribution in [0.1, 0.15) is 0 Å². The number of aliphatic carboxylic acids is 1. The zero-order valence-electron chi connectivity index (χ0n) is 6.04. The number of aliphatic hydroxyl groups excluding tert-OH is 1. The minimum Gasteiger partial charge on any atom is -0.480 e. The lowest BCUT2D eigenvalue weighted by atomic mass is 10.3. The maximum Gasteiger partial charge on any atom is 0.429 e. The average Bonchev–Trinajstić information content (AvgIpc) is 2.00. The summed E-state index contributed by atoms with van der Waals surface area (Å²) < 4.78 is 4.36. The van der Waals surface area contributed by atoms with Gasteiger partial charge in [0, 0.05) is 0 Å². The molecule has 0 aromatic heterocycles. The number of carbonyl (C=O) groups is 1. The third-order valence-corrected chi connectivity index (χ3v) is 0.896. The molecule has 1 atom stereocenters. The predicted molar refractivity (Wildman–Crippen MR) is 37.4 cm³/mol. The molecule has 0 aliphatic heterocycles. The maximum atomic E-state index is 10.1. The Bertz CT molecular complexity index is 231. The van der Waals surface area contributed by atoms with Gasteiger partial charge in [-0.3, -0.25) is 4.79 Å². The van der Waals surface area contributed by atoms with Gasteiger partial charge in [0.1, 0.15) is 12.6 Å². The highest BCUT2D eigenvalue weighted by molar-refractivity contribution is 5.73. The van der Waals surface area contributed by atoms with E-state index in [0.29, 0.717) is 6.20 Å². The second-order valence-corrected chi connectivity index (χ2v) is 1.84. The Balaban J connectivity index is 3.78. The zero-order chi connectivity index (χ0) is 9.56. The van der Waals surface area contributed by atoms with Gasteiger partial charge in [-0.25, -0.2) is 0 Å². The summed E-state index contributed by atoms with van der Waals surface area (Å²) in [6.07, 6.45) is 0.606. The first-order chi connectivity index (χ1) is 5.57. The van der Waals surface area contributed by atoms with Crippen LogP contribution in [0.2, 0.25) is 0 Å². The van der Waals surface area contributed by atoms with Crippen LogP contribution in [0.25, 0.3) is 4.98 Å². The summed E-state index contributed by atoms with van der Waals surface area (Å²) in [6.45, 7) is -0.396. The molecule has 7 nitrogen and oxygen atoms in total. The fourth-order valence-electron chi connectivity index (χ4n) is 0.333. The van der Waals surface area contributed by atoms with Gasteiger partial charge in [-0.15, -0.1) is 0 Å². The summed E-state index contributed by atoms with van der Waals surface area (Å²) in [5, 5.41) is 24.7. The monoisotopic (exact) mass is 174 g/mol. The maximum absolute atomic E-state index is 10.1. The summed E-state index contributed by atoms with van der Waals surface area (Å²) in [5.41, 5.74) is 5.00. The molecule has 0 aliphatic rings. The Morgan fingerprint density at radius 2 is 2.33 bits per heavy atom. The van der Waals surface area contributed by atoms with Crippen molar-refractivity contribution in [3.05, 3.63) is 17.1 Å². The molecule has 0 bridgehead atoms. The van der Waals surface area contributed by atoms with E-state index in [9.17, 15) is 4.79 Å². The first-order valence-corrected chi connectivity index (χ1v) is 2.92. The number of hydrogen-bond acceptors (Lipinski definition) is 5. The molecule has 0 amide bonds. The molecule has 4 N–H and O–H groups in total. The lowest BCUT2D eigenvalue weighted by Crippen LogP contribution is -2.34. The highest BCUT2D eigenvalue weighted by atomic mass is 16.6. The van der Waals surface area contributed by atoms with E-state index in [1.54, 1.807) is 0 Å². The number of ether oxygens (including phenoxy) is 1. The van der Waals surface area contributed by atoms with Crippen LogP contribution in [0.5, 0.6) is 0 Å². The van der Waals surface area contributed by atoms with Gasteiger partial charge in [0.15, 0.2) is 4.98 Å². The van der Waals surface area contributed by atoms with Crippen molar-refractivity contribution in [2.75, 3.05) is 6.61 Å². The lowest BCUT2D eigenvalue weighted by Gasteiger charge is -2.04. The van der Waals surface area contributed by atoms with Gasteiger partial charge in [0.2, 0.25) is 5.39 Å². The first kappa shape index (κ1) is 10.2. The van der Waals surface area contributed by atoms with Gasteiger partial charge in [-0.1, -0.05) is 0 Å². The third kappa shape index (κ3) is 4.08. The molecule has 0 saturated carbocycles. The molecule has 0 aromatic carbocycles. The van der Waals surface area contributed by atoms with Gasteiger partial charge >= 0.3 is 18.1 Å². The van der Waals surface area contributed by atoms with E-state index in [4.69, 9.17) is 21.3 Å². The fourth-order valence-corrected chi connectivity index (χ4v) is 0.333. The standard InChI is InChI=1S/C5H7N3O4/c6-3(5(10)11)2-12-4(9)1-8-7/h1,3H,2,6H2,(H-,9,10,11)/p+1/b4-1+. The highest BCUT2D eigenvalue weighted by Gasteiger charge is 2.13. The molecule has 0 spiro atoms. The van der Waals surface area contributed by atoms with Gasteiger partial charge < -0.3 is 20.7 Å². The first-order valence-electron chi connectivity index (χ1n) is 2.92. The molecular weight excluding hydrogens is 166 g/mol. The Morgan fingerprint density at radius 1 is 1.75 bits per heavy atom. The summed E-state index contributed by atoms with van der Waals surface area (Å²) in [6, 6.07) is -1.22. The van der Waals surface area contributed by atoms with Crippen LogP contribution >= 0.6 is 0 Å². The van der Waals surface area contributed by atoms with Gasteiger partial charge in [0.25, 0.3) is 0 Å². The zero-order valence-corrected chi connectivity index (χ0v) is 6.04. The number of nitrogens with two attached hydrogens (primary N) is 1. The number of carboxylic acid groups (broad SMARTS) is 1. The van der Waals surface area contributed by atoms with Crippen molar-refractivity contribution < 1.29 is 19.7 Å². The third-order valence-electron chi connectivity index (χ3n) is 0.896. The minimum atomic E-state index is -1.25. The molecule has 0 heterocycles. The van der Waals surface area contributed by atoms with Gasteiger partial charge in [0.05, 0.1) is 0 Å². The Labute approximate surface area is 67.7 Å². The van der Waals surface area contributed by atoms with Crippen LogP contribution in [0.4, 0.5) is 0 Å². The van der Waals surface area contributed by atoms with Crippen molar-refractivity contribution in [3.8, 4) is 0 Å². The Morgan fingerprint density at radius 3 is 2.75 bits per heavy atom. The Hall–Kier alpha value is -1.81. The predicted octanol–water partition coefficient (Wildman–Crippen LogP) is -0.375. The van der Waals surface area contributed by atoms with E-state index >= 15 is 0 Å². The lowest BCUT2D eigenvalue weighted by molar-refractivity contribution is -0.139. The van der Waals surface area contributed by atoms with E-state index in [1.165, 1.54) is 0 Å². The van der Waals surface area contributed by atoms with E-state index < -0.39 is 24.6 Å². The second kappa shape index (κ2) is 4.92. The van der Waals surface area contributed by atoms with Crippen molar-refractivity contribution in [1.82, 2.24) is 0 Å². The number of rotatable bonds is 4. The molecule has 0 aromatic rings. The molecule has 0 fully saturated rings. The second-order valence-electron chi connectivity index (χ2n) is 1.84. The van der Waals surface area contributed by atoms with E-state index in [0.717, 1.165) is 0 Å². The summed E-state index contributed by atoms with van der Waals surface area (Å²) in [4.78, 5) is 12.5. The number of nitrogens with zero attached hydrogens (tertiary/aromatic N) is 2. The van der Waals surface area contributed by atoms with E-state index in [2.05, 4.69) is 9.71 Å². The largest absolute Gasteiger partial charge is 0.480 e. The molecular formula is C5H8N3O4+. The molecule has 0 radical (unpaired) electrons. The Kier molecular flexibility index (Phi) is 4.18. The van der Waals surface area contributed by atoms with Crippen molar-refractivity contribution in [1.29, 1.82) is 5.39 Å². The molecule has 66 valence electrons. The van der Waals surface area contributed by atoms with Crippen molar-refractivity contribution in [3.63, 3.8) is 0 Å². The van der Waals surface area contributed by atoms with Crippen LogP contribution in [0, 0.1) is 5.39 Å². The number of aliphatic hydroxyl groups is 1. The molecule has 0 rings (SSSR count). The SMILES string of the molecule is N#[N+]/C=C(\O)OCC(N)C(=O)O. The summed E-state index contributed by atoms with van der Waals surface area (Å²) in [7, 11) is 0. The molecule has 1 unspecified atom stereocenters. The molecule has 12 heavy (non-hydrogen) atoms. The quantitative estimate of drug-likeness (QED) is 0.394. The summed E-state index contributed by atoms with van der Waals surface area (Å²) >= 11 is 0. The highest BCUT2D eigenvalue weighted by Crippen LogP contribution is 1.93. The number of carboxylic acids is 1. The van der Waals surface area contributed by atoms with Crippen molar-refractivity contribution in [2.24, 2.45) is 5.73 Å². The number of hydrogen-bond donors (Lipinski definition) is 3. The van der Waals surface area contributed by atoms with Crippen LogP contribution < -0.4 is 5.73 Å². The summed E-state index contributed by atoms with van der Waals surface area (Å²) in [5.74, 6) is -1.95. The average molecular weight is 174 g/mol. The topological polar surface area (TPSA) is 121 Å².